The van der Waals surface area contributed by atoms with Crippen LogP contribution in [0.25, 0.3) is 0 Å². The highest BCUT2D eigenvalue weighted by Crippen LogP contribution is 2.68. The Kier molecular flexibility index (Phi) is 4.84. The van der Waals surface area contributed by atoms with Crippen molar-refractivity contribution in [3.63, 3.8) is 0 Å². The lowest BCUT2D eigenvalue weighted by atomic mass is 9.44. The molecule has 26 heavy (non-hydrogen) atoms. The molecule has 2 heteroatoms. The number of fused-ring (bicyclic) bond motifs is 5. The van der Waals surface area contributed by atoms with Crippen molar-refractivity contribution in [1.29, 1.82) is 0 Å². The lowest BCUT2D eigenvalue weighted by Crippen LogP contribution is -2.55. The van der Waals surface area contributed by atoms with Crippen LogP contribution in [-0.2, 0) is 4.74 Å². The third-order valence-electron chi connectivity index (χ3n) is 9.79. The van der Waals surface area contributed by atoms with Gasteiger partial charge in [-0.2, -0.15) is 0 Å². The van der Waals surface area contributed by atoms with E-state index in [1.165, 1.54) is 44.9 Å². The minimum absolute atomic E-state index is 0.461. The van der Waals surface area contributed by atoms with Crippen molar-refractivity contribution in [2.45, 2.75) is 90.6 Å². The Bertz CT molecular complexity index is 569. The van der Waals surface area contributed by atoms with Gasteiger partial charge in [0.2, 0.25) is 0 Å². The Hall–Kier alpha value is -0.340. The summed E-state index contributed by atoms with van der Waals surface area (Å²) in [7, 11) is 1.75. The van der Waals surface area contributed by atoms with E-state index in [1.807, 2.05) is 0 Å². The van der Waals surface area contributed by atoms with E-state index in [1.54, 1.807) is 12.7 Å². The smallest absolute Gasteiger partial charge is 0.0672 e. The Morgan fingerprint density at radius 3 is 2.62 bits per heavy atom. The van der Waals surface area contributed by atoms with Gasteiger partial charge >= 0.3 is 0 Å². The molecule has 2 nitrogen and oxygen atoms in total. The first-order valence-corrected chi connectivity index (χ1v) is 11.2. The van der Waals surface area contributed by atoms with E-state index >= 15 is 0 Å². The molecule has 0 aromatic carbocycles. The van der Waals surface area contributed by atoms with Gasteiger partial charge in [0, 0.05) is 13.7 Å². The van der Waals surface area contributed by atoms with Crippen LogP contribution in [0.15, 0.2) is 11.6 Å². The second kappa shape index (κ2) is 6.62. The van der Waals surface area contributed by atoms with E-state index in [9.17, 15) is 5.11 Å². The predicted molar refractivity (Wildman–Crippen MR) is 107 cm³/mol. The Labute approximate surface area is 160 Å². The number of aliphatic hydroxyl groups is 1. The minimum atomic E-state index is -0.471. The number of rotatable bonds is 3. The molecule has 4 fully saturated rings. The molecule has 0 aromatic heterocycles. The standard InChI is InChI=1S/C24H40O2/c1-5-17-7-9-20-19-8-6-18-16-24(25,14-15-26-4)13-12-23(18,3)21(19)10-11-22(17,20)2/h5,18-21,25H,6-16H2,1-4H3/b17-5-/t18-,19-,20-,21-,22+,23-,24-/m0/s1. The largest absolute Gasteiger partial charge is 0.390 e. The zero-order chi connectivity index (χ0) is 18.6. The van der Waals surface area contributed by atoms with Crippen LogP contribution in [0.4, 0.5) is 0 Å². The van der Waals surface area contributed by atoms with Crippen LogP contribution >= 0.6 is 0 Å². The average molecular weight is 361 g/mol. The van der Waals surface area contributed by atoms with Crippen molar-refractivity contribution in [2.75, 3.05) is 13.7 Å². The highest BCUT2D eigenvalue weighted by Gasteiger charge is 2.60. The first-order valence-electron chi connectivity index (χ1n) is 11.2. The van der Waals surface area contributed by atoms with Gasteiger partial charge in [-0.15, -0.1) is 0 Å². The summed E-state index contributed by atoms with van der Waals surface area (Å²) in [6.45, 7) is 8.13. The fraction of sp³-hybridized carbons (Fsp3) is 0.917. The molecule has 0 heterocycles. The van der Waals surface area contributed by atoms with Crippen LogP contribution in [0.3, 0.4) is 0 Å². The fourth-order valence-electron chi connectivity index (χ4n) is 8.16. The molecule has 0 radical (unpaired) electrons. The summed E-state index contributed by atoms with van der Waals surface area (Å²) in [5.41, 5.74) is 2.24. The Morgan fingerprint density at radius 1 is 1.08 bits per heavy atom. The molecule has 7 atom stereocenters. The first-order chi connectivity index (χ1) is 12.4. The summed E-state index contributed by atoms with van der Waals surface area (Å²) >= 11 is 0. The molecule has 148 valence electrons. The van der Waals surface area contributed by atoms with Crippen LogP contribution in [0.5, 0.6) is 0 Å². The maximum Gasteiger partial charge on any atom is 0.0672 e. The lowest BCUT2D eigenvalue weighted by molar-refractivity contribution is -0.148. The molecule has 1 N–H and O–H groups in total. The van der Waals surface area contributed by atoms with Crippen LogP contribution in [0.2, 0.25) is 0 Å². The van der Waals surface area contributed by atoms with Crippen LogP contribution in [0, 0.1) is 34.5 Å². The number of ether oxygens (including phenoxy) is 1. The van der Waals surface area contributed by atoms with Gasteiger partial charge < -0.3 is 9.84 Å². The molecule has 0 amide bonds. The van der Waals surface area contributed by atoms with Gasteiger partial charge in [0.15, 0.2) is 0 Å². The summed E-state index contributed by atoms with van der Waals surface area (Å²) in [5, 5.41) is 11.1. The molecule has 4 rings (SSSR count). The fourth-order valence-corrected chi connectivity index (χ4v) is 8.16. The summed E-state index contributed by atoms with van der Waals surface area (Å²) in [6.07, 6.45) is 14.8. The second-order valence-electron chi connectivity index (χ2n) is 10.6. The maximum atomic E-state index is 11.1. The van der Waals surface area contributed by atoms with Gasteiger partial charge in [0.25, 0.3) is 0 Å². The van der Waals surface area contributed by atoms with E-state index in [-0.39, 0.29) is 0 Å². The summed E-state index contributed by atoms with van der Waals surface area (Å²) in [5.74, 6) is 3.45. The number of hydrogen-bond donors (Lipinski definition) is 1. The Morgan fingerprint density at radius 2 is 1.88 bits per heavy atom. The lowest BCUT2D eigenvalue weighted by Gasteiger charge is -2.61. The van der Waals surface area contributed by atoms with Crippen molar-refractivity contribution < 1.29 is 9.84 Å². The molecule has 0 unspecified atom stereocenters. The number of allylic oxidation sites excluding steroid dienone is 2. The molecular formula is C24H40O2. The number of hydrogen-bond acceptors (Lipinski definition) is 2. The molecular weight excluding hydrogens is 320 g/mol. The molecule has 4 aliphatic carbocycles. The normalized spacial score (nSPS) is 52.4. The zero-order valence-corrected chi connectivity index (χ0v) is 17.5. The quantitative estimate of drug-likeness (QED) is 0.650. The number of methoxy groups -OCH3 is 1. The van der Waals surface area contributed by atoms with Gasteiger partial charge in [0.1, 0.15) is 0 Å². The predicted octanol–water partition coefficient (Wildman–Crippen LogP) is 5.74. The van der Waals surface area contributed by atoms with Crippen LogP contribution < -0.4 is 0 Å². The average Bonchev–Trinajstić information content (AvgIpc) is 2.97. The van der Waals surface area contributed by atoms with Crippen molar-refractivity contribution in [3.05, 3.63) is 11.6 Å². The Balaban J connectivity index is 1.54. The van der Waals surface area contributed by atoms with Gasteiger partial charge in [-0.3, -0.25) is 0 Å². The molecule has 0 saturated heterocycles. The van der Waals surface area contributed by atoms with Crippen molar-refractivity contribution in [3.8, 4) is 0 Å². The van der Waals surface area contributed by atoms with Gasteiger partial charge in [0.05, 0.1) is 5.60 Å². The van der Waals surface area contributed by atoms with Gasteiger partial charge in [-0.05, 0) is 106 Å². The zero-order valence-electron chi connectivity index (χ0n) is 17.5. The molecule has 0 aliphatic heterocycles. The first kappa shape index (κ1) is 19.0. The van der Waals surface area contributed by atoms with Gasteiger partial charge in [-0.1, -0.05) is 25.5 Å². The highest BCUT2D eigenvalue weighted by molar-refractivity contribution is 5.23. The van der Waals surface area contributed by atoms with Crippen LogP contribution in [-0.4, -0.2) is 24.4 Å². The highest BCUT2D eigenvalue weighted by atomic mass is 16.5. The molecule has 0 spiro atoms. The van der Waals surface area contributed by atoms with Crippen LogP contribution in [0.1, 0.15) is 85.0 Å². The summed E-state index contributed by atoms with van der Waals surface area (Å²) < 4.78 is 5.27. The maximum absolute atomic E-state index is 11.1. The van der Waals surface area contributed by atoms with Crippen molar-refractivity contribution in [2.24, 2.45) is 34.5 Å². The third kappa shape index (κ3) is 2.73. The molecule has 4 saturated carbocycles. The summed E-state index contributed by atoms with van der Waals surface area (Å²) in [4.78, 5) is 0. The van der Waals surface area contributed by atoms with E-state index in [0.717, 1.165) is 37.0 Å². The molecule has 0 bridgehead atoms. The topological polar surface area (TPSA) is 29.5 Å². The van der Waals surface area contributed by atoms with Crippen molar-refractivity contribution >= 4 is 0 Å². The van der Waals surface area contributed by atoms with E-state index in [2.05, 4.69) is 26.8 Å². The minimum Gasteiger partial charge on any atom is -0.390 e. The third-order valence-corrected chi connectivity index (χ3v) is 9.79. The van der Waals surface area contributed by atoms with Gasteiger partial charge in [-0.25, -0.2) is 0 Å². The van der Waals surface area contributed by atoms with E-state index < -0.39 is 5.60 Å². The van der Waals surface area contributed by atoms with Crippen molar-refractivity contribution in [1.82, 2.24) is 0 Å². The van der Waals surface area contributed by atoms with E-state index in [4.69, 9.17) is 4.74 Å². The van der Waals surface area contributed by atoms with E-state index in [0.29, 0.717) is 23.4 Å². The second-order valence-corrected chi connectivity index (χ2v) is 10.6. The molecule has 4 aliphatic rings. The summed E-state index contributed by atoms with van der Waals surface area (Å²) in [6, 6.07) is 0. The SMILES string of the molecule is C/C=C1/CC[C@H]2[C@@H]3CC[C@H]4C[C@@](O)(CCOC)CC[C@]4(C)[C@H]3CC[C@]12C. The molecule has 0 aromatic rings. The monoisotopic (exact) mass is 360 g/mol.